The molecule has 0 amide bonds. The van der Waals surface area contributed by atoms with E-state index >= 15 is 0 Å². The fourth-order valence-electron chi connectivity index (χ4n) is 2.09. The first kappa shape index (κ1) is 13.3. The number of hydrogen-bond donors (Lipinski definition) is 1. The Balaban J connectivity index is 1.71. The Labute approximate surface area is 108 Å². The van der Waals surface area contributed by atoms with Crippen LogP contribution in [0.3, 0.4) is 0 Å². The molecule has 1 aliphatic heterocycles. The van der Waals surface area contributed by atoms with E-state index in [9.17, 15) is 0 Å². The Kier molecular flexibility index (Phi) is 4.99. The molecule has 1 aliphatic rings. The molecule has 1 heterocycles. The average molecular weight is 251 g/mol. The van der Waals surface area contributed by atoms with Gasteiger partial charge < -0.3 is 19.9 Å². The van der Waals surface area contributed by atoms with Crippen molar-refractivity contribution in [3.8, 4) is 5.75 Å². The van der Waals surface area contributed by atoms with Crippen LogP contribution < -0.4 is 10.5 Å². The van der Waals surface area contributed by atoms with E-state index in [0.717, 1.165) is 25.2 Å². The lowest BCUT2D eigenvalue weighted by Gasteiger charge is -2.35. The van der Waals surface area contributed by atoms with Crippen LogP contribution in [0.15, 0.2) is 30.3 Å². The Morgan fingerprint density at radius 1 is 1.22 bits per heavy atom. The summed E-state index contributed by atoms with van der Waals surface area (Å²) in [5.41, 5.74) is 5.48. The third kappa shape index (κ3) is 3.70. The molecule has 18 heavy (non-hydrogen) atoms. The highest BCUT2D eigenvalue weighted by atomic mass is 16.6. The van der Waals surface area contributed by atoms with Crippen LogP contribution in [-0.2, 0) is 9.47 Å². The van der Waals surface area contributed by atoms with Gasteiger partial charge >= 0.3 is 0 Å². The van der Waals surface area contributed by atoms with Crippen molar-refractivity contribution in [1.82, 2.24) is 0 Å². The molecule has 2 N–H and O–H groups in total. The number of benzene rings is 1. The van der Waals surface area contributed by atoms with Gasteiger partial charge in [-0.15, -0.1) is 0 Å². The van der Waals surface area contributed by atoms with E-state index in [1.807, 2.05) is 30.3 Å². The third-order valence-electron chi connectivity index (χ3n) is 3.16. The SMILES string of the molecule is NCC1(OCCOc2ccccc2)CCCOC1. The number of ether oxygens (including phenoxy) is 3. The quantitative estimate of drug-likeness (QED) is 0.780. The maximum atomic E-state index is 5.87. The zero-order chi connectivity index (χ0) is 12.7. The highest BCUT2D eigenvalue weighted by Gasteiger charge is 2.32. The van der Waals surface area contributed by atoms with Crippen LogP contribution in [0.5, 0.6) is 5.75 Å². The van der Waals surface area contributed by atoms with Crippen molar-refractivity contribution in [2.24, 2.45) is 5.73 Å². The average Bonchev–Trinajstić information content (AvgIpc) is 2.46. The molecule has 0 radical (unpaired) electrons. The minimum atomic E-state index is -0.307. The maximum absolute atomic E-state index is 5.87. The number of nitrogens with two attached hydrogens (primary N) is 1. The van der Waals surface area contributed by atoms with Gasteiger partial charge in [-0.25, -0.2) is 0 Å². The molecule has 4 nitrogen and oxygen atoms in total. The van der Waals surface area contributed by atoms with Crippen LogP contribution in [0.4, 0.5) is 0 Å². The zero-order valence-electron chi connectivity index (χ0n) is 10.6. The van der Waals surface area contributed by atoms with Crippen molar-refractivity contribution in [3.63, 3.8) is 0 Å². The molecule has 0 spiro atoms. The van der Waals surface area contributed by atoms with Crippen LogP contribution in [0.1, 0.15) is 12.8 Å². The summed E-state index contributed by atoms with van der Waals surface area (Å²) in [5, 5.41) is 0. The van der Waals surface area contributed by atoms with Gasteiger partial charge in [0.15, 0.2) is 0 Å². The minimum Gasteiger partial charge on any atom is -0.491 e. The van der Waals surface area contributed by atoms with E-state index in [1.54, 1.807) is 0 Å². The Morgan fingerprint density at radius 2 is 2.06 bits per heavy atom. The van der Waals surface area contributed by atoms with E-state index in [4.69, 9.17) is 19.9 Å². The van der Waals surface area contributed by atoms with Gasteiger partial charge in [-0.05, 0) is 25.0 Å². The summed E-state index contributed by atoms with van der Waals surface area (Å²) in [6.07, 6.45) is 1.98. The summed E-state index contributed by atoms with van der Waals surface area (Å²) in [6, 6.07) is 9.73. The van der Waals surface area contributed by atoms with Gasteiger partial charge in [-0.1, -0.05) is 18.2 Å². The lowest BCUT2D eigenvalue weighted by molar-refractivity contribution is -0.127. The van der Waals surface area contributed by atoms with Gasteiger partial charge in [-0.2, -0.15) is 0 Å². The summed E-state index contributed by atoms with van der Waals surface area (Å²) in [4.78, 5) is 0. The predicted octanol–water partition coefficient (Wildman–Crippen LogP) is 1.59. The second kappa shape index (κ2) is 6.73. The smallest absolute Gasteiger partial charge is 0.119 e. The van der Waals surface area contributed by atoms with E-state index < -0.39 is 0 Å². The van der Waals surface area contributed by atoms with Gasteiger partial charge in [0.25, 0.3) is 0 Å². The molecule has 2 rings (SSSR count). The highest BCUT2D eigenvalue weighted by Crippen LogP contribution is 2.22. The van der Waals surface area contributed by atoms with Gasteiger partial charge in [0, 0.05) is 13.2 Å². The van der Waals surface area contributed by atoms with Crippen molar-refractivity contribution in [1.29, 1.82) is 0 Å². The maximum Gasteiger partial charge on any atom is 0.119 e. The van der Waals surface area contributed by atoms with Gasteiger partial charge in [0.2, 0.25) is 0 Å². The number of para-hydroxylation sites is 1. The molecule has 1 fully saturated rings. The molecular weight excluding hydrogens is 230 g/mol. The molecule has 1 atom stereocenters. The van der Waals surface area contributed by atoms with Gasteiger partial charge in [-0.3, -0.25) is 0 Å². The second-order valence-corrected chi connectivity index (χ2v) is 4.55. The first-order valence-electron chi connectivity index (χ1n) is 6.44. The van der Waals surface area contributed by atoms with E-state index in [0.29, 0.717) is 26.4 Å². The van der Waals surface area contributed by atoms with Crippen LogP contribution >= 0.6 is 0 Å². The monoisotopic (exact) mass is 251 g/mol. The second-order valence-electron chi connectivity index (χ2n) is 4.55. The number of hydrogen-bond acceptors (Lipinski definition) is 4. The van der Waals surface area contributed by atoms with Crippen molar-refractivity contribution in [2.75, 3.05) is 33.0 Å². The zero-order valence-corrected chi connectivity index (χ0v) is 10.6. The van der Waals surface area contributed by atoms with Gasteiger partial charge in [0.1, 0.15) is 18.0 Å². The Hall–Kier alpha value is -1.10. The largest absolute Gasteiger partial charge is 0.491 e. The molecule has 1 unspecified atom stereocenters. The van der Waals surface area contributed by atoms with Crippen LogP contribution in [0, 0.1) is 0 Å². The molecule has 0 aromatic heterocycles. The fraction of sp³-hybridized carbons (Fsp3) is 0.571. The molecule has 0 saturated carbocycles. The van der Waals surface area contributed by atoms with Crippen molar-refractivity contribution < 1.29 is 14.2 Å². The topological polar surface area (TPSA) is 53.7 Å². The van der Waals surface area contributed by atoms with Crippen molar-refractivity contribution >= 4 is 0 Å². The highest BCUT2D eigenvalue weighted by molar-refractivity contribution is 5.20. The molecule has 100 valence electrons. The summed E-state index contributed by atoms with van der Waals surface area (Å²) in [6.45, 7) is 2.97. The van der Waals surface area contributed by atoms with E-state index in [-0.39, 0.29) is 5.60 Å². The third-order valence-corrected chi connectivity index (χ3v) is 3.16. The van der Waals surface area contributed by atoms with Gasteiger partial charge in [0.05, 0.1) is 13.2 Å². The van der Waals surface area contributed by atoms with Crippen LogP contribution in [0.2, 0.25) is 0 Å². The predicted molar refractivity (Wildman–Crippen MR) is 69.7 cm³/mol. The lowest BCUT2D eigenvalue weighted by Crippen LogP contribution is -2.48. The Bertz CT molecular complexity index is 336. The molecule has 1 aromatic rings. The van der Waals surface area contributed by atoms with Crippen LogP contribution in [-0.4, -0.2) is 38.6 Å². The summed E-state index contributed by atoms with van der Waals surface area (Å²) >= 11 is 0. The van der Waals surface area contributed by atoms with E-state index in [2.05, 4.69) is 0 Å². The van der Waals surface area contributed by atoms with E-state index in [1.165, 1.54) is 0 Å². The van der Waals surface area contributed by atoms with Crippen molar-refractivity contribution in [2.45, 2.75) is 18.4 Å². The molecule has 0 aliphatic carbocycles. The summed E-state index contributed by atoms with van der Waals surface area (Å²) < 4.78 is 16.9. The van der Waals surface area contributed by atoms with Crippen molar-refractivity contribution in [3.05, 3.63) is 30.3 Å². The molecule has 0 bridgehead atoms. The molecule has 1 saturated heterocycles. The normalized spacial score (nSPS) is 23.8. The minimum absolute atomic E-state index is 0.307. The molecule has 4 heteroatoms. The molecular formula is C14H21NO3. The van der Waals surface area contributed by atoms with Crippen LogP contribution in [0.25, 0.3) is 0 Å². The first-order chi connectivity index (χ1) is 8.85. The standard InChI is InChI=1S/C14H21NO3/c15-11-14(7-4-8-16-12-14)18-10-9-17-13-5-2-1-3-6-13/h1-3,5-6H,4,7-12,15H2. The first-order valence-corrected chi connectivity index (χ1v) is 6.44. The number of rotatable bonds is 6. The fourth-order valence-corrected chi connectivity index (χ4v) is 2.09. The summed E-state index contributed by atoms with van der Waals surface area (Å²) in [7, 11) is 0. The molecule has 1 aromatic carbocycles. The lowest BCUT2D eigenvalue weighted by atomic mass is 9.97. The summed E-state index contributed by atoms with van der Waals surface area (Å²) in [5.74, 6) is 0.864. The Morgan fingerprint density at radius 3 is 2.72 bits per heavy atom.